The predicted octanol–water partition coefficient (Wildman–Crippen LogP) is 1.66. The van der Waals surface area contributed by atoms with Gasteiger partial charge in [-0.25, -0.2) is 0 Å². The summed E-state index contributed by atoms with van der Waals surface area (Å²) in [6.45, 7) is 2.50. The Morgan fingerprint density at radius 1 is 1.04 bits per heavy atom. The van der Waals surface area contributed by atoms with Crippen LogP contribution in [-0.4, -0.2) is 31.5 Å². The Balaban J connectivity index is 2.00. The number of benzene rings is 2. The van der Waals surface area contributed by atoms with Gasteiger partial charge in [0.1, 0.15) is 5.75 Å². The number of carbonyl (C=O) groups is 3. The molecule has 0 saturated carbocycles. The van der Waals surface area contributed by atoms with Crippen LogP contribution in [0.1, 0.15) is 25.3 Å². The van der Waals surface area contributed by atoms with E-state index in [2.05, 4.69) is 10.9 Å². The van der Waals surface area contributed by atoms with Crippen LogP contribution in [0.4, 0.5) is 0 Å². The molecule has 7 nitrogen and oxygen atoms in total. The predicted molar refractivity (Wildman–Crippen MR) is 91.8 cm³/mol. The Morgan fingerprint density at radius 2 is 1.72 bits per heavy atom. The molecule has 2 amide bonds. The molecule has 0 saturated heterocycles. The third-order valence-electron chi connectivity index (χ3n) is 3.65. The minimum absolute atomic E-state index is 0.416. The minimum Gasteiger partial charge on any atom is -0.497 e. The molecule has 2 aromatic rings. The van der Waals surface area contributed by atoms with Crippen LogP contribution in [0.15, 0.2) is 36.4 Å². The number of methoxy groups -OCH3 is 1. The lowest BCUT2D eigenvalue weighted by Crippen LogP contribution is -2.42. The first-order chi connectivity index (χ1) is 11.9. The van der Waals surface area contributed by atoms with E-state index in [1.54, 1.807) is 14.0 Å². The Hall–Kier alpha value is -3.09. The van der Waals surface area contributed by atoms with Gasteiger partial charge in [0.15, 0.2) is 6.61 Å². The molecule has 132 valence electrons. The molecule has 0 radical (unpaired) electrons. The lowest BCUT2D eigenvalue weighted by molar-refractivity contribution is -0.150. The second kappa shape index (κ2) is 8.14. The second-order valence-corrected chi connectivity index (χ2v) is 5.53. The van der Waals surface area contributed by atoms with Crippen molar-refractivity contribution >= 4 is 28.6 Å². The van der Waals surface area contributed by atoms with Gasteiger partial charge in [0.05, 0.1) is 13.0 Å². The molecule has 25 heavy (non-hydrogen) atoms. The van der Waals surface area contributed by atoms with Gasteiger partial charge in [-0.1, -0.05) is 24.3 Å². The first-order valence-electron chi connectivity index (χ1n) is 7.70. The number of fused-ring (bicyclic) bond motifs is 1. The van der Waals surface area contributed by atoms with Gasteiger partial charge in [0.25, 0.3) is 5.91 Å². The lowest BCUT2D eigenvalue weighted by atomic mass is 9.98. The van der Waals surface area contributed by atoms with Crippen molar-refractivity contribution in [1.82, 2.24) is 10.9 Å². The highest BCUT2D eigenvalue weighted by atomic mass is 16.5. The fourth-order valence-electron chi connectivity index (χ4n) is 2.23. The number of hydrogen-bond donors (Lipinski definition) is 2. The SMILES string of the molecule is COc1ccc2cc([C@H](C)C(=O)OCC(=O)NNC(C)=O)ccc2c1. The van der Waals surface area contributed by atoms with Gasteiger partial charge in [0, 0.05) is 6.92 Å². The van der Waals surface area contributed by atoms with Crippen molar-refractivity contribution in [2.24, 2.45) is 0 Å². The van der Waals surface area contributed by atoms with Crippen LogP contribution < -0.4 is 15.6 Å². The van der Waals surface area contributed by atoms with Gasteiger partial charge in [-0.15, -0.1) is 0 Å². The van der Waals surface area contributed by atoms with E-state index in [-0.39, 0.29) is 0 Å². The summed E-state index contributed by atoms with van der Waals surface area (Å²) in [5, 5.41) is 1.97. The zero-order valence-electron chi connectivity index (χ0n) is 14.3. The molecule has 1 atom stereocenters. The summed E-state index contributed by atoms with van der Waals surface area (Å²) in [5.41, 5.74) is 5.03. The maximum atomic E-state index is 12.1. The minimum atomic E-state index is -0.610. The summed E-state index contributed by atoms with van der Waals surface area (Å²) in [4.78, 5) is 34.2. The molecule has 2 rings (SSSR count). The van der Waals surface area contributed by atoms with Crippen molar-refractivity contribution in [2.45, 2.75) is 19.8 Å². The van der Waals surface area contributed by atoms with E-state index in [1.165, 1.54) is 6.92 Å². The lowest BCUT2D eigenvalue weighted by Gasteiger charge is -2.13. The standard InChI is InChI=1S/C18H20N2O5/c1-11(18(23)25-10-17(22)20-19-12(2)21)13-4-5-15-9-16(24-3)7-6-14(15)8-13/h4-9,11H,10H2,1-3H3,(H,19,21)(H,20,22)/t11-/m0/s1. The number of rotatable bonds is 5. The monoisotopic (exact) mass is 344 g/mol. The van der Waals surface area contributed by atoms with Gasteiger partial charge >= 0.3 is 5.97 Å². The van der Waals surface area contributed by atoms with Crippen LogP contribution in [0, 0.1) is 0 Å². The van der Waals surface area contributed by atoms with E-state index in [9.17, 15) is 14.4 Å². The van der Waals surface area contributed by atoms with E-state index in [4.69, 9.17) is 9.47 Å². The summed E-state index contributed by atoms with van der Waals surface area (Å²) in [5.74, 6) is -1.31. The average molecular weight is 344 g/mol. The van der Waals surface area contributed by atoms with Gasteiger partial charge in [-0.05, 0) is 35.4 Å². The van der Waals surface area contributed by atoms with E-state index >= 15 is 0 Å². The number of carbonyl (C=O) groups excluding carboxylic acids is 3. The first-order valence-corrected chi connectivity index (χ1v) is 7.70. The summed E-state index contributed by atoms with van der Waals surface area (Å²) in [6.07, 6.45) is 0. The van der Waals surface area contributed by atoms with Crippen molar-refractivity contribution in [1.29, 1.82) is 0 Å². The van der Waals surface area contributed by atoms with Crippen LogP contribution in [0.2, 0.25) is 0 Å². The van der Waals surface area contributed by atoms with Crippen molar-refractivity contribution in [3.8, 4) is 5.75 Å². The fourth-order valence-corrected chi connectivity index (χ4v) is 2.23. The fraction of sp³-hybridized carbons (Fsp3) is 0.278. The molecule has 0 fully saturated rings. The third-order valence-corrected chi connectivity index (χ3v) is 3.65. The summed E-state index contributed by atoms with van der Waals surface area (Å²) < 4.78 is 10.2. The van der Waals surface area contributed by atoms with E-state index in [1.807, 2.05) is 36.4 Å². The Labute approximate surface area is 145 Å². The smallest absolute Gasteiger partial charge is 0.313 e. The van der Waals surface area contributed by atoms with Crippen molar-refractivity contribution < 1.29 is 23.9 Å². The number of amides is 2. The molecular weight excluding hydrogens is 324 g/mol. The van der Waals surface area contributed by atoms with Crippen LogP contribution in [0.5, 0.6) is 5.75 Å². The van der Waals surface area contributed by atoms with Crippen molar-refractivity contribution in [3.63, 3.8) is 0 Å². The first kappa shape index (κ1) is 18.3. The molecule has 0 aliphatic rings. The Kier molecular flexibility index (Phi) is 5.94. The van der Waals surface area contributed by atoms with Crippen LogP contribution in [0.25, 0.3) is 10.8 Å². The highest BCUT2D eigenvalue weighted by molar-refractivity contribution is 5.88. The maximum Gasteiger partial charge on any atom is 0.313 e. The summed E-state index contributed by atoms with van der Waals surface area (Å²) in [7, 11) is 1.61. The van der Waals surface area contributed by atoms with Crippen molar-refractivity contribution in [2.75, 3.05) is 13.7 Å². The summed E-state index contributed by atoms with van der Waals surface area (Å²) in [6, 6.07) is 11.3. The van der Waals surface area contributed by atoms with E-state index in [0.29, 0.717) is 0 Å². The molecule has 0 spiro atoms. The highest BCUT2D eigenvalue weighted by Crippen LogP contribution is 2.25. The molecule has 0 heterocycles. The number of hydrazine groups is 1. The molecule has 0 bridgehead atoms. The maximum absolute atomic E-state index is 12.1. The molecule has 2 N–H and O–H groups in total. The molecule has 0 aliphatic carbocycles. The summed E-state index contributed by atoms with van der Waals surface area (Å²) >= 11 is 0. The molecule has 0 unspecified atom stereocenters. The largest absolute Gasteiger partial charge is 0.497 e. The van der Waals surface area contributed by atoms with Gasteiger partial charge in [-0.3, -0.25) is 25.2 Å². The molecule has 2 aromatic carbocycles. The molecule has 0 aromatic heterocycles. The Bertz CT molecular complexity index is 803. The number of ether oxygens (including phenoxy) is 2. The highest BCUT2D eigenvalue weighted by Gasteiger charge is 2.18. The third kappa shape index (κ3) is 4.94. The molecule has 0 aliphatic heterocycles. The van der Waals surface area contributed by atoms with Gasteiger partial charge < -0.3 is 9.47 Å². The second-order valence-electron chi connectivity index (χ2n) is 5.53. The Morgan fingerprint density at radius 3 is 2.40 bits per heavy atom. The molecule has 7 heteroatoms. The van der Waals surface area contributed by atoms with Crippen LogP contribution >= 0.6 is 0 Å². The zero-order valence-corrected chi connectivity index (χ0v) is 14.3. The van der Waals surface area contributed by atoms with Gasteiger partial charge in [0.2, 0.25) is 5.91 Å². The zero-order chi connectivity index (χ0) is 18.4. The number of esters is 1. The van der Waals surface area contributed by atoms with Crippen LogP contribution in [-0.2, 0) is 19.1 Å². The quantitative estimate of drug-likeness (QED) is 0.635. The number of hydrogen-bond acceptors (Lipinski definition) is 5. The normalized spacial score (nSPS) is 11.5. The average Bonchev–Trinajstić information content (AvgIpc) is 2.62. The van der Waals surface area contributed by atoms with E-state index < -0.39 is 30.3 Å². The van der Waals surface area contributed by atoms with E-state index in [0.717, 1.165) is 22.1 Å². The topological polar surface area (TPSA) is 93.7 Å². The van der Waals surface area contributed by atoms with Gasteiger partial charge in [-0.2, -0.15) is 0 Å². The number of nitrogens with one attached hydrogen (secondary N) is 2. The van der Waals surface area contributed by atoms with Crippen LogP contribution in [0.3, 0.4) is 0 Å². The molecular formula is C18H20N2O5. The van der Waals surface area contributed by atoms with Crippen molar-refractivity contribution in [3.05, 3.63) is 42.0 Å².